The van der Waals surface area contributed by atoms with Gasteiger partial charge >= 0.3 is 0 Å². The van der Waals surface area contributed by atoms with Crippen molar-refractivity contribution in [3.63, 3.8) is 0 Å². The molecule has 0 radical (unpaired) electrons. The Morgan fingerprint density at radius 2 is 1.84 bits per heavy atom. The Hall–Kier alpha value is -2.39. The number of hydrogen-bond acceptors (Lipinski definition) is 4. The van der Waals surface area contributed by atoms with Crippen LogP contribution in [0.2, 0.25) is 0 Å². The van der Waals surface area contributed by atoms with Gasteiger partial charge in [-0.25, -0.2) is 17.2 Å². The van der Waals surface area contributed by atoms with Gasteiger partial charge in [0, 0.05) is 18.8 Å². The van der Waals surface area contributed by atoms with Gasteiger partial charge in [-0.15, -0.1) is 10.2 Å². The molecule has 0 unspecified atom stereocenters. The monoisotopic (exact) mass is 364 g/mol. The molecule has 0 aliphatic carbocycles. The van der Waals surface area contributed by atoms with Gasteiger partial charge in [0.1, 0.15) is 11.6 Å². The Kier molecular flexibility index (Phi) is 3.77. The fraction of sp³-hybridized carbons (Fsp3) is 0.250. The minimum Gasteiger partial charge on any atom is -0.285 e. The highest BCUT2D eigenvalue weighted by Gasteiger charge is 2.39. The zero-order valence-electron chi connectivity index (χ0n) is 13.0. The van der Waals surface area contributed by atoms with Gasteiger partial charge in [-0.3, -0.25) is 4.40 Å². The maximum atomic E-state index is 13.5. The first-order valence-corrected chi connectivity index (χ1v) is 9.18. The predicted molar refractivity (Wildman–Crippen MR) is 85.2 cm³/mol. The molecule has 3 heterocycles. The lowest BCUT2D eigenvalue weighted by Gasteiger charge is -2.23. The Labute approximate surface area is 142 Å². The third kappa shape index (κ3) is 2.69. The van der Waals surface area contributed by atoms with Crippen LogP contribution in [-0.4, -0.2) is 33.9 Å². The molecule has 3 aromatic rings. The maximum absolute atomic E-state index is 13.5. The summed E-state index contributed by atoms with van der Waals surface area (Å²) in [5.74, 6) is -1.36. The summed E-state index contributed by atoms with van der Waals surface area (Å²) in [6.45, 7) is 0.257. The van der Waals surface area contributed by atoms with Crippen molar-refractivity contribution in [1.29, 1.82) is 0 Å². The molecule has 0 amide bonds. The third-order valence-electron chi connectivity index (χ3n) is 4.28. The highest BCUT2D eigenvalue weighted by atomic mass is 32.2. The predicted octanol–water partition coefficient (Wildman–Crippen LogP) is 2.53. The van der Waals surface area contributed by atoms with E-state index in [1.165, 1.54) is 4.31 Å². The number of benzene rings is 1. The van der Waals surface area contributed by atoms with Crippen molar-refractivity contribution < 1.29 is 17.2 Å². The Balaban J connectivity index is 1.78. The van der Waals surface area contributed by atoms with Crippen LogP contribution in [0.5, 0.6) is 0 Å². The largest absolute Gasteiger partial charge is 0.285 e. The average molecular weight is 364 g/mol. The van der Waals surface area contributed by atoms with Crippen molar-refractivity contribution in [2.24, 2.45) is 0 Å². The molecule has 0 saturated carbocycles. The summed E-state index contributed by atoms with van der Waals surface area (Å²) in [5, 5.41) is 8.18. The molecule has 1 fully saturated rings. The topological polar surface area (TPSA) is 67.6 Å². The average Bonchev–Trinajstić information content (AvgIpc) is 3.20. The molecular formula is C16H14F2N4O2S. The molecule has 1 aromatic carbocycles. The molecule has 1 aliphatic rings. The number of aromatic nitrogens is 3. The molecule has 0 bridgehead atoms. The van der Waals surface area contributed by atoms with Crippen LogP contribution >= 0.6 is 0 Å². The maximum Gasteiger partial charge on any atom is 0.243 e. The van der Waals surface area contributed by atoms with E-state index < -0.39 is 32.6 Å². The molecule has 0 N–H and O–H groups in total. The van der Waals surface area contributed by atoms with Gasteiger partial charge in [0.2, 0.25) is 10.0 Å². The number of sulfonamides is 1. The van der Waals surface area contributed by atoms with Crippen molar-refractivity contribution in [1.82, 2.24) is 18.9 Å². The lowest BCUT2D eigenvalue weighted by atomic mass is 10.2. The van der Waals surface area contributed by atoms with Crippen molar-refractivity contribution in [3.8, 4) is 0 Å². The number of halogens is 2. The van der Waals surface area contributed by atoms with Crippen LogP contribution in [0.15, 0.2) is 47.5 Å². The van der Waals surface area contributed by atoms with Gasteiger partial charge in [0.15, 0.2) is 11.5 Å². The molecule has 2 aromatic heterocycles. The lowest BCUT2D eigenvalue weighted by Crippen LogP contribution is -2.31. The minimum atomic E-state index is -4.06. The van der Waals surface area contributed by atoms with Gasteiger partial charge in [-0.05, 0) is 37.1 Å². The van der Waals surface area contributed by atoms with E-state index in [4.69, 9.17) is 0 Å². The number of pyridine rings is 1. The second-order valence-electron chi connectivity index (χ2n) is 5.87. The summed E-state index contributed by atoms with van der Waals surface area (Å²) < 4.78 is 55.7. The summed E-state index contributed by atoms with van der Waals surface area (Å²) in [4.78, 5) is -0.397. The zero-order chi connectivity index (χ0) is 17.6. The lowest BCUT2D eigenvalue weighted by molar-refractivity contribution is 0.380. The first-order valence-electron chi connectivity index (χ1n) is 7.74. The number of nitrogens with zero attached hydrogens (tertiary/aromatic N) is 4. The summed E-state index contributed by atoms with van der Waals surface area (Å²) in [6, 6.07) is 7.15. The summed E-state index contributed by atoms with van der Waals surface area (Å²) in [7, 11) is -4.06. The molecule has 130 valence electrons. The quantitative estimate of drug-likeness (QED) is 0.716. The molecule has 1 saturated heterocycles. The van der Waals surface area contributed by atoms with E-state index >= 15 is 0 Å². The molecular weight excluding hydrogens is 350 g/mol. The van der Waals surface area contributed by atoms with E-state index in [9.17, 15) is 17.2 Å². The standard InChI is InChI=1S/C16H14F2N4O2S/c17-11-8-12(18)10-13(9-11)25(23,24)22-7-3-4-14(22)16-20-19-15-5-1-2-6-21(15)16/h1-2,5-6,8-10,14H,3-4,7H2/t14-/m0/s1. The third-order valence-corrected chi connectivity index (χ3v) is 6.17. The molecule has 25 heavy (non-hydrogen) atoms. The van der Waals surface area contributed by atoms with Gasteiger partial charge in [-0.1, -0.05) is 6.07 Å². The van der Waals surface area contributed by atoms with E-state index in [0.717, 1.165) is 12.1 Å². The van der Waals surface area contributed by atoms with Crippen LogP contribution in [0, 0.1) is 11.6 Å². The SMILES string of the molecule is O=S(=O)(c1cc(F)cc(F)c1)N1CCC[C@H]1c1nnc2ccccn12. The van der Waals surface area contributed by atoms with E-state index in [-0.39, 0.29) is 6.54 Å². The van der Waals surface area contributed by atoms with E-state index in [1.807, 2.05) is 6.07 Å². The van der Waals surface area contributed by atoms with Crippen LogP contribution in [0.4, 0.5) is 8.78 Å². The van der Waals surface area contributed by atoms with Gasteiger partial charge in [0.05, 0.1) is 10.9 Å². The number of hydrogen-bond donors (Lipinski definition) is 0. The van der Waals surface area contributed by atoms with Crippen molar-refractivity contribution in [2.75, 3.05) is 6.54 Å². The van der Waals surface area contributed by atoms with Crippen LogP contribution in [0.1, 0.15) is 24.7 Å². The zero-order valence-corrected chi connectivity index (χ0v) is 13.8. The van der Waals surface area contributed by atoms with Crippen molar-refractivity contribution in [2.45, 2.75) is 23.8 Å². The van der Waals surface area contributed by atoms with Crippen molar-refractivity contribution in [3.05, 3.63) is 60.1 Å². The van der Waals surface area contributed by atoms with Crippen LogP contribution < -0.4 is 0 Å². The van der Waals surface area contributed by atoms with Crippen molar-refractivity contribution >= 4 is 15.7 Å². The fourth-order valence-corrected chi connectivity index (χ4v) is 4.88. The molecule has 0 spiro atoms. The molecule has 1 atom stereocenters. The normalized spacial score (nSPS) is 18.9. The van der Waals surface area contributed by atoms with E-state index in [1.54, 1.807) is 22.7 Å². The van der Waals surface area contributed by atoms with Gasteiger partial charge in [0.25, 0.3) is 0 Å². The van der Waals surface area contributed by atoms with Crippen LogP contribution in [-0.2, 0) is 10.0 Å². The second kappa shape index (κ2) is 5.85. The first kappa shape index (κ1) is 16.1. The van der Waals surface area contributed by atoms with E-state index in [2.05, 4.69) is 10.2 Å². The van der Waals surface area contributed by atoms with Gasteiger partial charge in [-0.2, -0.15) is 4.31 Å². The smallest absolute Gasteiger partial charge is 0.243 e. The fourth-order valence-electron chi connectivity index (χ4n) is 3.19. The van der Waals surface area contributed by atoms with Gasteiger partial charge < -0.3 is 0 Å². The van der Waals surface area contributed by atoms with E-state index in [0.29, 0.717) is 30.4 Å². The summed E-state index contributed by atoms with van der Waals surface area (Å²) in [6.07, 6.45) is 2.95. The first-order chi connectivity index (χ1) is 12.0. The Morgan fingerprint density at radius 1 is 1.08 bits per heavy atom. The Bertz CT molecular complexity index is 1030. The summed E-state index contributed by atoms with van der Waals surface area (Å²) in [5.41, 5.74) is 0.610. The molecule has 6 nitrogen and oxygen atoms in total. The number of fused-ring (bicyclic) bond motifs is 1. The van der Waals surface area contributed by atoms with Crippen LogP contribution in [0.3, 0.4) is 0 Å². The molecule has 4 rings (SSSR count). The highest BCUT2D eigenvalue weighted by molar-refractivity contribution is 7.89. The summed E-state index contributed by atoms with van der Waals surface area (Å²) >= 11 is 0. The number of rotatable bonds is 3. The minimum absolute atomic E-state index is 0.257. The Morgan fingerprint density at radius 3 is 2.60 bits per heavy atom. The highest BCUT2D eigenvalue weighted by Crippen LogP contribution is 2.36. The van der Waals surface area contributed by atoms with Crippen LogP contribution in [0.25, 0.3) is 5.65 Å². The second-order valence-corrected chi connectivity index (χ2v) is 7.76. The molecule has 9 heteroatoms. The molecule has 1 aliphatic heterocycles.